The number of benzene rings is 1. The molecule has 0 spiro atoms. The number of likely N-dealkylation sites (tertiary alicyclic amines) is 1. The molecule has 1 N–H and O–H groups in total. The minimum atomic E-state index is -0.220. The molecule has 30 heavy (non-hydrogen) atoms. The maximum atomic E-state index is 12.6. The number of rotatable bonds is 4. The molecule has 2 aromatic heterocycles. The summed E-state index contributed by atoms with van der Waals surface area (Å²) in [6.45, 7) is 3.13. The fourth-order valence-corrected chi connectivity index (χ4v) is 3.64. The molecule has 3 aromatic rings. The Kier molecular flexibility index (Phi) is 5.79. The molecule has 4 rings (SSSR count). The van der Waals surface area contributed by atoms with Crippen LogP contribution in [0.25, 0.3) is 0 Å². The number of carbonyl (C=O) groups is 2. The summed E-state index contributed by atoms with van der Waals surface area (Å²) in [6.07, 6.45) is 6.44. The highest BCUT2D eigenvalue weighted by Crippen LogP contribution is 2.27. The zero-order chi connectivity index (χ0) is 20.9. The lowest BCUT2D eigenvalue weighted by molar-refractivity contribution is 0.0710. The highest BCUT2D eigenvalue weighted by molar-refractivity contribution is 6.04. The highest BCUT2D eigenvalue weighted by Gasteiger charge is 2.27. The SMILES string of the molecule is Cc1nc(C2CCN(C(=O)c3cccnc3)CC2)ncc1C(=O)Nc1ccccc1. The zero-order valence-corrected chi connectivity index (χ0v) is 16.8. The van der Waals surface area contributed by atoms with Gasteiger partial charge in [-0.2, -0.15) is 0 Å². The van der Waals surface area contributed by atoms with Crippen LogP contribution in [-0.2, 0) is 0 Å². The van der Waals surface area contributed by atoms with Crippen molar-refractivity contribution in [1.82, 2.24) is 19.9 Å². The number of aryl methyl sites for hydroxylation is 1. The van der Waals surface area contributed by atoms with Crippen LogP contribution in [0, 0.1) is 6.92 Å². The molecule has 0 bridgehead atoms. The number of carbonyl (C=O) groups excluding carboxylic acids is 2. The van der Waals surface area contributed by atoms with Gasteiger partial charge in [-0.25, -0.2) is 9.97 Å². The van der Waals surface area contributed by atoms with Crippen LogP contribution in [0.2, 0.25) is 0 Å². The van der Waals surface area contributed by atoms with Crippen molar-refractivity contribution in [3.63, 3.8) is 0 Å². The van der Waals surface area contributed by atoms with Crippen LogP contribution in [0.3, 0.4) is 0 Å². The number of nitrogens with zero attached hydrogens (tertiary/aromatic N) is 4. The van der Waals surface area contributed by atoms with Gasteiger partial charge in [0.25, 0.3) is 11.8 Å². The van der Waals surface area contributed by atoms with E-state index in [1.807, 2.05) is 42.2 Å². The van der Waals surface area contributed by atoms with Gasteiger partial charge in [0.15, 0.2) is 0 Å². The van der Waals surface area contributed by atoms with Crippen molar-refractivity contribution in [2.24, 2.45) is 0 Å². The summed E-state index contributed by atoms with van der Waals surface area (Å²) in [4.78, 5) is 40.1. The Morgan fingerprint density at radius 1 is 1.03 bits per heavy atom. The van der Waals surface area contributed by atoms with E-state index in [-0.39, 0.29) is 17.7 Å². The quantitative estimate of drug-likeness (QED) is 0.723. The van der Waals surface area contributed by atoms with Gasteiger partial charge in [0.1, 0.15) is 5.82 Å². The summed E-state index contributed by atoms with van der Waals surface area (Å²) >= 11 is 0. The maximum Gasteiger partial charge on any atom is 0.259 e. The van der Waals surface area contributed by atoms with Gasteiger partial charge in [0.2, 0.25) is 0 Å². The molecule has 0 radical (unpaired) electrons. The second-order valence-corrected chi connectivity index (χ2v) is 7.36. The molecule has 152 valence electrons. The van der Waals surface area contributed by atoms with Gasteiger partial charge in [-0.05, 0) is 44.0 Å². The number of piperidine rings is 1. The predicted molar refractivity (Wildman–Crippen MR) is 113 cm³/mol. The summed E-state index contributed by atoms with van der Waals surface area (Å²) in [5, 5.41) is 2.86. The summed E-state index contributed by atoms with van der Waals surface area (Å²) in [6, 6.07) is 12.9. The van der Waals surface area contributed by atoms with Crippen LogP contribution in [-0.4, -0.2) is 44.8 Å². The molecule has 1 aromatic carbocycles. The lowest BCUT2D eigenvalue weighted by Crippen LogP contribution is -2.38. The first-order valence-corrected chi connectivity index (χ1v) is 10.0. The van der Waals surface area contributed by atoms with Crippen LogP contribution in [0.4, 0.5) is 5.69 Å². The summed E-state index contributed by atoms with van der Waals surface area (Å²) in [5.41, 5.74) is 2.46. The molecule has 1 aliphatic rings. The first kappa shape index (κ1) is 19.7. The molecule has 7 heteroatoms. The number of aromatic nitrogens is 3. The second kappa shape index (κ2) is 8.82. The Morgan fingerprint density at radius 2 is 1.80 bits per heavy atom. The van der Waals surface area contributed by atoms with Gasteiger partial charge in [-0.1, -0.05) is 18.2 Å². The number of hydrogen-bond acceptors (Lipinski definition) is 5. The van der Waals surface area contributed by atoms with E-state index in [1.165, 1.54) is 0 Å². The Morgan fingerprint density at radius 3 is 2.47 bits per heavy atom. The molecular weight excluding hydrogens is 378 g/mol. The molecule has 0 aliphatic carbocycles. The average molecular weight is 401 g/mol. The number of nitrogens with one attached hydrogen (secondary N) is 1. The van der Waals surface area contributed by atoms with Crippen molar-refractivity contribution < 1.29 is 9.59 Å². The number of amides is 2. The molecule has 7 nitrogen and oxygen atoms in total. The predicted octanol–water partition coefficient (Wildman–Crippen LogP) is 3.45. The summed E-state index contributed by atoms with van der Waals surface area (Å²) in [5.74, 6) is 0.693. The maximum absolute atomic E-state index is 12.6. The molecule has 0 saturated carbocycles. The monoisotopic (exact) mass is 401 g/mol. The standard InChI is InChI=1S/C23H23N5O2/c1-16-20(22(29)27-19-7-3-2-4-8-19)15-25-21(26-16)17-9-12-28(13-10-17)23(30)18-6-5-11-24-14-18/h2-8,11,14-15,17H,9-10,12-13H2,1H3,(H,27,29). The van der Waals surface area contributed by atoms with Crippen molar-refractivity contribution >= 4 is 17.5 Å². The van der Waals surface area contributed by atoms with E-state index in [0.717, 1.165) is 24.4 Å². The number of pyridine rings is 1. The Hall–Kier alpha value is -3.61. The van der Waals surface area contributed by atoms with E-state index < -0.39 is 0 Å². The third kappa shape index (κ3) is 4.35. The van der Waals surface area contributed by atoms with E-state index in [4.69, 9.17) is 0 Å². The third-order valence-electron chi connectivity index (χ3n) is 5.33. The number of anilines is 1. The van der Waals surface area contributed by atoms with Crippen molar-refractivity contribution in [2.75, 3.05) is 18.4 Å². The number of hydrogen-bond donors (Lipinski definition) is 1. The summed E-state index contributed by atoms with van der Waals surface area (Å²) < 4.78 is 0. The van der Waals surface area contributed by atoms with Gasteiger partial charge >= 0.3 is 0 Å². The third-order valence-corrected chi connectivity index (χ3v) is 5.33. The van der Waals surface area contributed by atoms with Crippen LogP contribution in [0.1, 0.15) is 51.0 Å². The average Bonchev–Trinajstić information content (AvgIpc) is 2.80. The lowest BCUT2D eigenvalue weighted by atomic mass is 9.95. The van der Waals surface area contributed by atoms with Gasteiger partial charge in [-0.15, -0.1) is 0 Å². The molecule has 2 amide bonds. The Bertz CT molecular complexity index is 1030. The minimum Gasteiger partial charge on any atom is -0.339 e. The van der Waals surface area contributed by atoms with Gasteiger partial charge in [-0.3, -0.25) is 14.6 Å². The topological polar surface area (TPSA) is 88.1 Å². The van der Waals surface area contributed by atoms with Crippen LogP contribution < -0.4 is 5.32 Å². The van der Waals surface area contributed by atoms with Crippen LogP contribution in [0.5, 0.6) is 0 Å². The van der Waals surface area contributed by atoms with Crippen molar-refractivity contribution in [1.29, 1.82) is 0 Å². The van der Waals surface area contributed by atoms with Crippen LogP contribution in [0.15, 0.2) is 61.1 Å². The molecule has 1 fully saturated rings. The van der Waals surface area contributed by atoms with Crippen molar-refractivity contribution in [3.05, 3.63) is 83.7 Å². The van der Waals surface area contributed by atoms with E-state index in [0.29, 0.717) is 29.9 Å². The smallest absolute Gasteiger partial charge is 0.259 e. The van der Waals surface area contributed by atoms with E-state index >= 15 is 0 Å². The fourth-order valence-electron chi connectivity index (χ4n) is 3.64. The molecule has 0 unspecified atom stereocenters. The van der Waals surface area contributed by atoms with E-state index in [2.05, 4.69) is 20.3 Å². The van der Waals surface area contributed by atoms with Gasteiger partial charge in [0.05, 0.1) is 16.8 Å². The van der Waals surface area contributed by atoms with Gasteiger partial charge in [0, 0.05) is 43.3 Å². The Balaban J connectivity index is 1.39. The second-order valence-electron chi connectivity index (χ2n) is 7.36. The fraction of sp³-hybridized carbons (Fsp3) is 0.261. The number of para-hydroxylation sites is 1. The molecule has 3 heterocycles. The van der Waals surface area contributed by atoms with Crippen LogP contribution >= 0.6 is 0 Å². The zero-order valence-electron chi connectivity index (χ0n) is 16.8. The largest absolute Gasteiger partial charge is 0.339 e. The first-order valence-electron chi connectivity index (χ1n) is 10.0. The lowest BCUT2D eigenvalue weighted by Gasteiger charge is -2.31. The molecule has 1 saturated heterocycles. The molecule has 0 atom stereocenters. The van der Waals surface area contributed by atoms with E-state index in [9.17, 15) is 9.59 Å². The first-order chi connectivity index (χ1) is 14.6. The van der Waals surface area contributed by atoms with Crippen molar-refractivity contribution in [3.8, 4) is 0 Å². The highest BCUT2D eigenvalue weighted by atomic mass is 16.2. The van der Waals surface area contributed by atoms with E-state index in [1.54, 1.807) is 30.7 Å². The molecular formula is C23H23N5O2. The van der Waals surface area contributed by atoms with Crippen molar-refractivity contribution in [2.45, 2.75) is 25.7 Å². The Labute approximate surface area is 175 Å². The summed E-state index contributed by atoms with van der Waals surface area (Å²) in [7, 11) is 0. The van der Waals surface area contributed by atoms with Gasteiger partial charge < -0.3 is 10.2 Å². The minimum absolute atomic E-state index is 0.00609. The normalized spacial score (nSPS) is 14.4. The molecule has 1 aliphatic heterocycles.